The van der Waals surface area contributed by atoms with Crippen molar-refractivity contribution < 1.29 is 23.5 Å². The summed E-state index contributed by atoms with van der Waals surface area (Å²) in [5.41, 5.74) is 0.682. The molecule has 0 N–H and O–H groups in total. The normalized spacial score (nSPS) is 17.3. The molecule has 1 aliphatic rings. The maximum Gasteiger partial charge on any atom is 0.326 e. The van der Waals surface area contributed by atoms with Crippen molar-refractivity contribution >= 4 is 35.0 Å². The number of nitrogens with zero attached hydrogens (tertiary/aromatic N) is 1. The standard InChI is InChI=1S/C12H11NO5S/c1-2-18-10(14)6-13-11(15)9(19-12(13)16)5-8-3-4-17-7-8/h3-5,7H,2,6H2,1H3/b9-5+. The highest BCUT2D eigenvalue weighted by Gasteiger charge is 2.36. The summed E-state index contributed by atoms with van der Waals surface area (Å²) in [7, 11) is 0. The van der Waals surface area contributed by atoms with E-state index in [0.29, 0.717) is 5.56 Å². The van der Waals surface area contributed by atoms with Gasteiger partial charge in [-0.15, -0.1) is 0 Å². The van der Waals surface area contributed by atoms with Crippen LogP contribution in [0.2, 0.25) is 0 Å². The van der Waals surface area contributed by atoms with Crippen LogP contribution in [0.3, 0.4) is 0 Å². The second kappa shape index (κ2) is 5.75. The smallest absolute Gasteiger partial charge is 0.326 e. The molecule has 6 nitrogen and oxygen atoms in total. The second-order valence-electron chi connectivity index (χ2n) is 3.63. The van der Waals surface area contributed by atoms with Gasteiger partial charge in [0.25, 0.3) is 11.1 Å². The van der Waals surface area contributed by atoms with E-state index in [9.17, 15) is 14.4 Å². The van der Waals surface area contributed by atoms with E-state index in [1.165, 1.54) is 12.5 Å². The van der Waals surface area contributed by atoms with Crippen molar-refractivity contribution in [3.63, 3.8) is 0 Å². The van der Waals surface area contributed by atoms with Gasteiger partial charge in [0.05, 0.1) is 24.0 Å². The Bertz CT molecular complexity index is 534. The molecule has 1 aliphatic heterocycles. The van der Waals surface area contributed by atoms with Crippen LogP contribution in [-0.4, -0.2) is 35.2 Å². The van der Waals surface area contributed by atoms with E-state index in [1.54, 1.807) is 19.1 Å². The minimum absolute atomic E-state index is 0.208. The molecule has 0 spiro atoms. The van der Waals surface area contributed by atoms with Gasteiger partial charge < -0.3 is 9.15 Å². The Morgan fingerprint density at radius 1 is 1.53 bits per heavy atom. The SMILES string of the molecule is CCOC(=O)CN1C(=O)S/C(=C/c2ccoc2)C1=O. The number of furan rings is 1. The molecule has 0 aliphatic carbocycles. The van der Waals surface area contributed by atoms with Crippen molar-refractivity contribution in [3.05, 3.63) is 29.1 Å². The molecule has 2 heterocycles. The van der Waals surface area contributed by atoms with Crippen molar-refractivity contribution in [1.29, 1.82) is 0 Å². The van der Waals surface area contributed by atoms with Crippen LogP contribution in [-0.2, 0) is 14.3 Å². The molecule has 1 aromatic heterocycles. The van der Waals surface area contributed by atoms with E-state index in [1.807, 2.05) is 0 Å². The van der Waals surface area contributed by atoms with Crippen LogP contribution in [0, 0.1) is 0 Å². The van der Waals surface area contributed by atoms with Gasteiger partial charge in [0.1, 0.15) is 6.54 Å². The molecule has 0 saturated carbocycles. The molecule has 0 unspecified atom stereocenters. The molecular weight excluding hydrogens is 270 g/mol. The number of rotatable bonds is 4. The lowest BCUT2D eigenvalue weighted by atomic mass is 10.3. The number of imide groups is 1. The Labute approximate surface area is 113 Å². The molecule has 0 radical (unpaired) electrons. The number of amides is 2. The van der Waals surface area contributed by atoms with Gasteiger partial charge in [-0.1, -0.05) is 0 Å². The summed E-state index contributed by atoms with van der Waals surface area (Å²) in [6.45, 7) is 1.51. The summed E-state index contributed by atoms with van der Waals surface area (Å²) in [6.07, 6.45) is 4.47. The predicted octanol–water partition coefficient (Wildman–Crippen LogP) is 1.88. The van der Waals surface area contributed by atoms with Crippen LogP contribution in [0.5, 0.6) is 0 Å². The molecule has 2 amide bonds. The number of hydrogen-bond donors (Lipinski definition) is 0. The fraction of sp³-hybridized carbons (Fsp3) is 0.250. The van der Waals surface area contributed by atoms with Gasteiger partial charge in [-0.2, -0.15) is 0 Å². The number of ether oxygens (including phenoxy) is 1. The zero-order valence-electron chi connectivity index (χ0n) is 10.1. The molecule has 1 fully saturated rings. The van der Waals surface area contributed by atoms with Crippen molar-refractivity contribution in [2.45, 2.75) is 6.92 Å². The maximum absolute atomic E-state index is 12.0. The zero-order valence-corrected chi connectivity index (χ0v) is 10.9. The van der Waals surface area contributed by atoms with Crippen LogP contribution in [0.25, 0.3) is 6.08 Å². The van der Waals surface area contributed by atoms with Gasteiger partial charge in [-0.05, 0) is 30.8 Å². The molecular formula is C12H11NO5S. The van der Waals surface area contributed by atoms with Crippen LogP contribution < -0.4 is 0 Å². The average molecular weight is 281 g/mol. The molecule has 1 saturated heterocycles. The second-order valence-corrected chi connectivity index (χ2v) is 4.62. The number of carbonyl (C=O) groups excluding carboxylic acids is 3. The van der Waals surface area contributed by atoms with E-state index in [4.69, 9.17) is 9.15 Å². The van der Waals surface area contributed by atoms with E-state index in [0.717, 1.165) is 16.7 Å². The summed E-state index contributed by atoms with van der Waals surface area (Å²) in [5, 5.41) is -0.479. The molecule has 2 rings (SSSR count). The maximum atomic E-state index is 12.0. The Hall–Kier alpha value is -2.02. The largest absolute Gasteiger partial charge is 0.472 e. The first-order chi connectivity index (χ1) is 9.11. The third-order valence-corrected chi connectivity index (χ3v) is 3.21. The summed E-state index contributed by atoms with van der Waals surface area (Å²) in [6, 6.07) is 1.67. The molecule has 0 atom stereocenters. The van der Waals surface area contributed by atoms with Crippen molar-refractivity contribution in [3.8, 4) is 0 Å². The van der Waals surface area contributed by atoms with Crippen LogP contribution in [0.15, 0.2) is 27.9 Å². The van der Waals surface area contributed by atoms with Crippen LogP contribution in [0.4, 0.5) is 4.79 Å². The number of thioether (sulfide) groups is 1. The number of hydrogen-bond acceptors (Lipinski definition) is 6. The minimum Gasteiger partial charge on any atom is -0.472 e. The number of esters is 1. The first kappa shape index (κ1) is 13.4. The van der Waals surface area contributed by atoms with Gasteiger partial charge in [0.2, 0.25) is 0 Å². The average Bonchev–Trinajstić information content (AvgIpc) is 2.95. The van der Waals surface area contributed by atoms with Gasteiger partial charge in [-0.3, -0.25) is 19.3 Å². The van der Waals surface area contributed by atoms with E-state index in [2.05, 4.69) is 0 Å². The van der Waals surface area contributed by atoms with E-state index >= 15 is 0 Å². The molecule has 100 valence electrons. The Kier molecular flexibility index (Phi) is 4.06. The third-order valence-electron chi connectivity index (χ3n) is 2.31. The highest BCUT2D eigenvalue weighted by molar-refractivity contribution is 8.18. The molecule has 0 aromatic carbocycles. The summed E-state index contributed by atoms with van der Waals surface area (Å²) >= 11 is 0.789. The van der Waals surface area contributed by atoms with E-state index < -0.39 is 17.1 Å². The van der Waals surface area contributed by atoms with Gasteiger partial charge in [0.15, 0.2) is 0 Å². The Balaban J connectivity index is 2.10. The van der Waals surface area contributed by atoms with Crippen molar-refractivity contribution in [1.82, 2.24) is 4.90 Å². The fourth-order valence-corrected chi connectivity index (χ4v) is 2.32. The first-order valence-corrected chi connectivity index (χ1v) is 6.36. The lowest BCUT2D eigenvalue weighted by Crippen LogP contribution is -2.34. The highest BCUT2D eigenvalue weighted by atomic mass is 32.2. The molecule has 19 heavy (non-hydrogen) atoms. The van der Waals surface area contributed by atoms with Crippen molar-refractivity contribution in [2.24, 2.45) is 0 Å². The fourth-order valence-electron chi connectivity index (χ4n) is 1.48. The summed E-state index contributed by atoms with van der Waals surface area (Å²) in [4.78, 5) is 36.1. The monoisotopic (exact) mass is 281 g/mol. The Morgan fingerprint density at radius 2 is 2.32 bits per heavy atom. The minimum atomic E-state index is -0.602. The van der Waals surface area contributed by atoms with Gasteiger partial charge in [0, 0.05) is 5.56 Å². The van der Waals surface area contributed by atoms with Gasteiger partial charge >= 0.3 is 5.97 Å². The topological polar surface area (TPSA) is 76.8 Å². The lowest BCUT2D eigenvalue weighted by Gasteiger charge is -2.10. The molecule has 0 bridgehead atoms. The van der Waals surface area contributed by atoms with Crippen LogP contribution in [0.1, 0.15) is 12.5 Å². The molecule has 7 heteroatoms. The lowest BCUT2D eigenvalue weighted by molar-refractivity contribution is -0.145. The number of carbonyl (C=O) groups is 3. The third kappa shape index (κ3) is 3.05. The highest BCUT2D eigenvalue weighted by Crippen LogP contribution is 2.32. The predicted molar refractivity (Wildman–Crippen MR) is 68.0 cm³/mol. The summed E-state index contributed by atoms with van der Waals surface area (Å²) in [5.74, 6) is -1.10. The van der Waals surface area contributed by atoms with Gasteiger partial charge in [-0.25, -0.2) is 0 Å². The first-order valence-electron chi connectivity index (χ1n) is 5.55. The van der Waals surface area contributed by atoms with E-state index in [-0.39, 0.29) is 18.1 Å². The molecule has 1 aromatic rings. The quantitative estimate of drug-likeness (QED) is 0.619. The van der Waals surface area contributed by atoms with Crippen molar-refractivity contribution in [2.75, 3.05) is 13.2 Å². The summed E-state index contributed by atoms with van der Waals surface area (Å²) < 4.78 is 9.59. The Morgan fingerprint density at radius 3 is 2.95 bits per heavy atom. The zero-order chi connectivity index (χ0) is 13.8. The van der Waals surface area contributed by atoms with Crippen LogP contribution >= 0.6 is 11.8 Å².